The number of hydrogen-bond acceptors (Lipinski definition) is 3. The average Bonchev–Trinajstić information content (AvgIpc) is 2.39. The van der Waals surface area contributed by atoms with E-state index >= 15 is 0 Å². The van der Waals surface area contributed by atoms with Crippen molar-refractivity contribution in [1.82, 2.24) is 9.88 Å². The summed E-state index contributed by atoms with van der Waals surface area (Å²) in [6, 6.07) is 3.76. The first-order valence-corrected chi connectivity index (χ1v) is 6.51. The minimum Gasteiger partial charge on any atom is -0.393 e. The molecule has 1 saturated heterocycles. The molecule has 0 aromatic carbocycles. The van der Waals surface area contributed by atoms with E-state index in [0.29, 0.717) is 37.4 Å². The van der Waals surface area contributed by atoms with Crippen molar-refractivity contribution in [2.24, 2.45) is 0 Å². The highest BCUT2D eigenvalue weighted by Crippen LogP contribution is 2.15. The van der Waals surface area contributed by atoms with Crippen molar-refractivity contribution in [3.05, 3.63) is 29.6 Å². The second-order valence-electron chi connectivity index (χ2n) is 5.15. The Morgan fingerprint density at radius 1 is 1.39 bits per heavy atom. The van der Waals surface area contributed by atoms with Gasteiger partial charge in [0.15, 0.2) is 0 Å². The molecule has 1 aliphatic rings. The Balaban J connectivity index is 2.04. The third-order valence-electron chi connectivity index (χ3n) is 3.38. The first kappa shape index (κ1) is 13.0. The van der Waals surface area contributed by atoms with E-state index in [0.717, 1.165) is 5.69 Å². The molecule has 2 heterocycles. The van der Waals surface area contributed by atoms with Crippen molar-refractivity contribution in [3.8, 4) is 0 Å². The number of amides is 1. The summed E-state index contributed by atoms with van der Waals surface area (Å²) in [5.41, 5.74) is 1.64. The van der Waals surface area contributed by atoms with E-state index < -0.39 is 0 Å². The standard InChI is InChI=1S/C14H20N2O2/c1-10(2)13-4-3-11(9-15-13)14(18)16-7-5-12(17)6-8-16/h3-4,9-10,12,17H,5-8H2,1-2H3. The number of nitrogens with zero attached hydrogens (tertiary/aromatic N) is 2. The number of aromatic nitrogens is 1. The Morgan fingerprint density at radius 3 is 2.56 bits per heavy atom. The number of hydrogen-bond donors (Lipinski definition) is 1. The van der Waals surface area contributed by atoms with Crippen molar-refractivity contribution < 1.29 is 9.90 Å². The number of carbonyl (C=O) groups is 1. The van der Waals surface area contributed by atoms with E-state index in [4.69, 9.17) is 0 Å². The van der Waals surface area contributed by atoms with Crippen LogP contribution in [-0.2, 0) is 0 Å². The first-order chi connectivity index (χ1) is 8.58. The van der Waals surface area contributed by atoms with Crippen LogP contribution in [0.15, 0.2) is 18.3 Å². The first-order valence-electron chi connectivity index (χ1n) is 6.51. The Bertz CT molecular complexity index is 406. The van der Waals surface area contributed by atoms with Crippen LogP contribution < -0.4 is 0 Å². The smallest absolute Gasteiger partial charge is 0.255 e. The molecule has 0 spiro atoms. The van der Waals surface area contributed by atoms with Crippen LogP contribution in [0, 0.1) is 0 Å². The largest absolute Gasteiger partial charge is 0.393 e. The highest BCUT2D eigenvalue weighted by molar-refractivity contribution is 5.94. The van der Waals surface area contributed by atoms with Crippen LogP contribution in [0.3, 0.4) is 0 Å². The maximum absolute atomic E-state index is 12.2. The Hall–Kier alpha value is -1.42. The van der Waals surface area contributed by atoms with Gasteiger partial charge in [-0.2, -0.15) is 0 Å². The molecule has 0 bridgehead atoms. The molecule has 0 saturated carbocycles. The number of aliphatic hydroxyl groups excluding tert-OH is 1. The lowest BCUT2D eigenvalue weighted by molar-refractivity contribution is 0.0546. The SMILES string of the molecule is CC(C)c1ccc(C(=O)N2CCC(O)CC2)cn1. The summed E-state index contributed by atoms with van der Waals surface area (Å²) in [6.45, 7) is 5.42. The quantitative estimate of drug-likeness (QED) is 0.868. The van der Waals surface area contributed by atoms with Gasteiger partial charge in [0.05, 0.1) is 11.7 Å². The molecule has 0 radical (unpaired) electrons. The molecule has 0 unspecified atom stereocenters. The summed E-state index contributed by atoms with van der Waals surface area (Å²) in [6.07, 6.45) is 2.74. The van der Waals surface area contributed by atoms with Crippen LogP contribution in [0.4, 0.5) is 0 Å². The van der Waals surface area contributed by atoms with Crippen molar-refractivity contribution >= 4 is 5.91 Å². The monoisotopic (exact) mass is 248 g/mol. The van der Waals surface area contributed by atoms with Gasteiger partial charge in [-0.05, 0) is 30.9 Å². The molecule has 1 amide bonds. The topological polar surface area (TPSA) is 53.4 Å². The van der Waals surface area contributed by atoms with E-state index in [1.807, 2.05) is 12.1 Å². The van der Waals surface area contributed by atoms with Gasteiger partial charge >= 0.3 is 0 Å². The molecule has 0 atom stereocenters. The lowest BCUT2D eigenvalue weighted by atomic mass is 10.1. The molecule has 1 fully saturated rings. The summed E-state index contributed by atoms with van der Waals surface area (Å²) < 4.78 is 0. The van der Waals surface area contributed by atoms with E-state index in [2.05, 4.69) is 18.8 Å². The lowest BCUT2D eigenvalue weighted by Gasteiger charge is -2.29. The maximum atomic E-state index is 12.2. The number of likely N-dealkylation sites (tertiary alicyclic amines) is 1. The van der Waals surface area contributed by atoms with Crippen molar-refractivity contribution in [2.75, 3.05) is 13.1 Å². The van der Waals surface area contributed by atoms with Gasteiger partial charge in [0.2, 0.25) is 0 Å². The van der Waals surface area contributed by atoms with Gasteiger partial charge in [0.25, 0.3) is 5.91 Å². The van der Waals surface area contributed by atoms with Gasteiger partial charge < -0.3 is 10.0 Å². The molecular formula is C14H20N2O2. The predicted molar refractivity (Wildman–Crippen MR) is 69.5 cm³/mol. The van der Waals surface area contributed by atoms with Gasteiger partial charge in [-0.3, -0.25) is 9.78 Å². The van der Waals surface area contributed by atoms with Crippen LogP contribution in [0.25, 0.3) is 0 Å². The molecular weight excluding hydrogens is 228 g/mol. The van der Waals surface area contributed by atoms with Crippen LogP contribution in [0.2, 0.25) is 0 Å². The minimum atomic E-state index is -0.254. The fourth-order valence-electron chi connectivity index (χ4n) is 2.12. The molecule has 18 heavy (non-hydrogen) atoms. The van der Waals surface area contributed by atoms with Gasteiger partial charge in [-0.1, -0.05) is 13.8 Å². The molecule has 1 N–H and O–H groups in total. The number of carbonyl (C=O) groups excluding carboxylic acids is 1. The van der Waals surface area contributed by atoms with Crippen LogP contribution in [-0.4, -0.2) is 40.1 Å². The van der Waals surface area contributed by atoms with Gasteiger partial charge in [0, 0.05) is 25.0 Å². The van der Waals surface area contributed by atoms with Crippen LogP contribution in [0.1, 0.15) is 48.7 Å². The highest BCUT2D eigenvalue weighted by atomic mass is 16.3. The van der Waals surface area contributed by atoms with E-state index in [-0.39, 0.29) is 12.0 Å². The van der Waals surface area contributed by atoms with Crippen LogP contribution in [0.5, 0.6) is 0 Å². The third-order valence-corrected chi connectivity index (χ3v) is 3.38. The summed E-state index contributed by atoms with van der Waals surface area (Å²) in [5, 5.41) is 9.43. The summed E-state index contributed by atoms with van der Waals surface area (Å²) in [7, 11) is 0. The Morgan fingerprint density at radius 2 is 2.06 bits per heavy atom. The van der Waals surface area contributed by atoms with Gasteiger partial charge in [-0.25, -0.2) is 0 Å². The normalized spacial score (nSPS) is 17.2. The Kier molecular flexibility index (Phi) is 3.97. The summed E-state index contributed by atoms with van der Waals surface area (Å²) in [4.78, 5) is 18.3. The zero-order valence-electron chi connectivity index (χ0n) is 11.0. The molecule has 4 heteroatoms. The fourth-order valence-corrected chi connectivity index (χ4v) is 2.12. The molecule has 0 aliphatic carbocycles. The van der Waals surface area contributed by atoms with E-state index in [9.17, 15) is 9.90 Å². The summed E-state index contributed by atoms with van der Waals surface area (Å²) >= 11 is 0. The zero-order valence-corrected chi connectivity index (χ0v) is 11.0. The number of rotatable bonds is 2. The van der Waals surface area contributed by atoms with Gasteiger partial charge in [-0.15, -0.1) is 0 Å². The predicted octanol–water partition coefficient (Wildman–Crippen LogP) is 1.80. The van der Waals surface area contributed by atoms with Gasteiger partial charge in [0.1, 0.15) is 0 Å². The second-order valence-corrected chi connectivity index (χ2v) is 5.15. The molecule has 1 aliphatic heterocycles. The third kappa shape index (κ3) is 2.88. The van der Waals surface area contributed by atoms with E-state index in [1.165, 1.54) is 0 Å². The second kappa shape index (κ2) is 5.48. The lowest BCUT2D eigenvalue weighted by Crippen LogP contribution is -2.40. The summed E-state index contributed by atoms with van der Waals surface area (Å²) in [5.74, 6) is 0.393. The molecule has 4 nitrogen and oxygen atoms in total. The number of aliphatic hydroxyl groups is 1. The van der Waals surface area contributed by atoms with E-state index in [1.54, 1.807) is 11.1 Å². The molecule has 2 rings (SSSR count). The average molecular weight is 248 g/mol. The molecule has 1 aromatic rings. The highest BCUT2D eigenvalue weighted by Gasteiger charge is 2.22. The van der Waals surface area contributed by atoms with Crippen LogP contribution >= 0.6 is 0 Å². The van der Waals surface area contributed by atoms with Crippen molar-refractivity contribution in [2.45, 2.75) is 38.7 Å². The zero-order chi connectivity index (χ0) is 13.1. The van der Waals surface area contributed by atoms with Crippen molar-refractivity contribution in [3.63, 3.8) is 0 Å². The number of pyridine rings is 1. The fraction of sp³-hybridized carbons (Fsp3) is 0.571. The molecule has 98 valence electrons. The minimum absolute atomic E-state index is 0.0182. The number of piperidine rings is 1. The molecule has 1 aromatic heterocycles. The maximum Gasteiger partial charge on any atom is 0.255 e. The van der Waals surface area contributed by atoms with Crippen molar-refractivity contribution in [1.29, 1.82) is 0 Å². The Labute approximate surface area is 108 Å².